The predicted octanol–water partition coefficient (Wildman–Crippen LogP) is 4.17. The summed E-state index contributed by atoms with van der Waals surface area (Å²) in [7, 11) is 0. The van der Waals surface area contributed by atoms with Crippen LogP contribution in [0.3, 0.4) is 0 Å². The molecule has 0 spiro atoms. The Balaban J connectivity index is 2.38. The number of urea groups is 1. The first-order valence-corrected chi connectivity index (χ1v) is 10.5. The van der Waals surface area contributed by atoms with Crippen molar-refractivity contribution < 1.29 is 9.59 Å². The molecule has 1 aromatic heterocycles. The summed E-state index contributed by atoms with van der Waals surface area (Å²) in [6.07, 6.45) is 0. The van der Waals surface area contributed by atoms with Gasteiger partial charge in [-0.25, -0.2) is 9.48 Å². The lowest BCUT2D eigenvalue weighted by atomic mass is 9.92. The van der Waals surface area contributed by atoms with E-state index in [1.54, 1.807) is 4.68 Å². The molecule has 0 bridgehead atoms. The van der Waals surface area contributed by atoms with E-state index in [4.69, 9.17) is 5.10 Å². The molecule has 0 radical (unpaired) electrons. The lowest BCUT2D eigenvalue weighted by molar-refractivity contribution is -0.117. The van der Waals surface area contributed by atoms with Crippen molar-refractivity contribution in [2.75, 3.05) is 18.4 Å². The van der Waals surface area contributed by atoms with Crippen LogP contribution in [-0.4, -0.2) is 45.8 Å². The summed E-state index contributed by atoms with van der Waals surface area (Å²) < 4.78 is 1.78. The fraction of sp³-hybridized carbons (Fsp3) is 0.522. The molecule has 0 aliphatic heterocycles. The van der Waals surface area contributed by atoms with Crippen molar-refractivity contribution in [2.45, 2.75) is 66.8 Å². The molecule has 0 saturated carbocycles. The third-order valence-corrected chi connectivity index (χ3v) is 5.08. The topological polar surface area (TPSA) is 79.3 Å². The third kappa shape index (κ3) is 5.40. The first kappa shape index (κ1) is 23.4. The third-order valence-electron chi connectivity index (χ3n) is 5.08. The van der Waals surface area contributed by atoms with Crippen molar-refractivity contribution in [3.05, 3.63) is 41.1 Å². The minimum absolute atomic E-state index is 0.0354. The van der Waals surface area contributed by atoms with Crippen LogP contribution >= 0.6 is 0 Å². The Kier molecular flexibility index (Phi) is 7.29. The monoisotopic (exact) mass is 413 g/mol. The minimum Gasteiger partial charge on any atom is -0.338 e. The van der Waals surface area contributed by atoms with Crippen LogP contribution < -0.4 is 10.6 Å². The van der Waals surface area contributed by atoms with Gasteiger partial charge < -0.3 is 15.5 Å². The van der Waals surface area contributed by atoms with Crippen molar-refractivity contribution in [1.82, 2.24) is 20.0 Å². The molecule has 30 heavy (non-hydrogen) atoms. The number of aryl methyl sites for hydroxylation is 1. The lowest BCUT2D eigenvalue weighted by Gasteiger charge is -2.26. The second-order valence-electron chi connectivity index (χ2n) is 8.90. The summed E-state index contributed by atoms with van der Waals surface area (Å²) in [6.45, 7) is 16.5. The summed E-state index contributed by atoms with van der Waals surface area (Å²) in [5, 5.41) is 10.5. The second kappa shape index (κ2) is 9.32. The number of nitrogens with zero attached hydrogens (tertiary/aromatic N) is 3. The summed E-state index contributed by atoms with van der Waals surface area (Å²) in [6, 6.07) is 7.59. The molecule has 2 N–H and O–H groups in total. The van der Waals surface area contributed by atoms with Crippen LogP contribution in [0.2, 0.25) is 0 Å². The van der Waals surface area contributed by atoms with E-state index in [2.05, 4.69) is 44.4 Å². The molecule has 1 aromatic carbocycles. The molecule has 0 fully saturated rings. The number of amides is 3. The maximum atomic E-state index is 12.9. The standard InChI is InChI=1S/C23H35N5O2/c1-9-24-22(30)27(15(2)3)14-21(29)25-20-13-19(23(6,7)8)26-28(20)18-12-10-11-16(4)17(18)5/h10-13,15H,9,14H2,1-8H3,(H,24,30)(H,25,29). The van der Waals surface area contributed by atoms with Gasteiger partial charge in [0.1, 0.15) is 12.4 Å². The average molecular weight is 414 g/mol. The molecule has 7 nitrogen and oxygen atoms in total. The van der Waals surface area contributed by atoms with Crippen molar-refractivity contribution in [3.8, 4) is 5.69 Å². The van der Waals surface area contributed by atoms with Crippen molar-refractivity contribution in [2.24, 2.45) is 0 Å². The molecular formula is C23H35N5O2. The van der Waals surface area contributed by atoms with Gasteiger partial charge >= 0.3 is 6.03 Å². The SMILES string of the molecule is CCNC(=O)N(CC(=O)Nc1cc(C(C)(C)C)nn1-c1cccc(C)c1C)C(C)C. The van der Waals surface area contributed by atoms with E-state index in [0.717, 1.165) is 22.5 Å². The van der Waals surface area contributed by atoms with E-state index in [1.165, 1.54) is 4.90 Å². The van der Waals surface area contributed by atoms with Gasteiger partial charge in [-0.3, -0.25) is 4.79 Å². The lowest BCUT2D eigenvalue weighted by Crippen LogP contribution is -2.47. The smallest absolute Gasteiger partial charge is 0.318 e. The number of aromatic nitrogens is 2. The Morgan fingerprint density at radius 1 is 1.20 bits per heavy atom. The number of rotatable bonds is 6. The molecule has 2 rings (SSSR count). The van der Waals surface area contributed by atoms with E-state index in [0.29, 0.717) is 12.4 Å². The van der Waals surface area contributed by atoms with Crippen LogP contribution in [0.15, 0.2) is 24.3 Å². The highest BCUT2D eigenvalue weighted by Gasteiger charge is 2.24. The van der Waals surface area contributed by atoms with Crippen LogP contribution in [0.1, 0.15) is 58.4 Å². The maximum Gasteiger partial charge on any atom is 0.318 e. The molecule has 0 unspecified atom stereocenters. The van der Waals surface area contributed by atoms with E-state index in [1.807, 2.05) is 45.9 Å². The zero-order chi connectivity index (χ0) is 22.6. The molecule has 7 heteroatoms. The van der Waals surface area contributed by atoms with Crippen LogP contribution in [0.25, 0.3) is 5.69 Å². The van der Waals surface area contributed by atoms with Gasteiger partial charge in [0.05, 0.1) is 11.4 Å². The van der Waals surface area contributed by atoms with Gasteiger partial charge in [0.2, 0.25) is 5.91 Å². The summed E-state index contributed by atoms with van der Waals surface area (Å²) in [5.74, 6) is 0.333. The summed E-state index contributed by atoms with van der Waals surface area (Å²) in [5.41, 5.74) is 3.88. The molecule has 1 heterocycles. The number of anilines is 1. The molecule has 0 aliphatic carbocycles. The molecule has 0 atom stereocenters. The Labute approximate surface area is 179 Å². The number of carbonyl (C=O) groups is 2. The maximum absolute atomic E-state index is 12.9. The Morgan fingerprint density at radius 2 is 1.87 bits per heavy atom. The highest BCUT2D eigenvalue weighted by molar-refractivity contribution is 5.94. The quantitative estimate of drug-likeness (QED) is 0.746. The van der Waals surface area contributed by atoms with E-state index < -0.39 is 0 Å². The number of hydrogen-bond donors (Lipinski definition) is 2. The number of benzene rings is 1. The van der Waals surface area contributed by atoms with Crippen LogP contribution in [0.5, 0.6) is 0 Å². The predicted molar refractivity (Wildman–Crippen MR) is 121 cm³/mol. The average Bonchev–Trinajstić information content (AvgIpc) is 3.05. The van der Waals surface area contributed by atoms with Gasteiger partial charge in [0.15, 0.2) is 0 Å². The minimum atomic E-state index is -0.262. The van der Waals surface area contributed by atoms with Crippen LogP contribution in [0, 0.1) is 13.8 Å². The highest BCUT2D eigenvalue weighted by atomic mass is 16.2. The zero-order valence-corrected chi connectivity index (χ0v) is 19.5. The first-order chi connectivity index (χ1) is 14.0. The largest absolute Gasteiger partial charge is 0.338 e. The number of hydrogen-bond acceptors (Lipinski definition) is 3. The van der Waals surface area contributed by atoms with Gasteiger partial charge in [-0.15, -0.1) is 0 Å². The van der Waals surface area contributed by atoms with Gasteiger partial charge in [-0.05, 0) is 51.8 Å². The normalized spacial score (nSPS) is 11.5. The van der Waals surface area contributed by atoms with Gasteiger partial charge in [-0.1, -0.05) is 32.9 Å². The molecule has 164 valence electrons. The fourth-order valence-electron chi connectivity index (χ4n) is 3.06. The molecule has 0 saturated heterocycles. The van der Waals surface area contributed by atoms with E-state index >= 15 is 0 Å². The fourth-order valence-corrected chi connectivity index (χ4v) is 3.06. The molecular weight excluding hydrogens is 378 g/mol. The molecule has 3 amide bonds. The first-order valence-electron chi connectivity index (χ1n) is 10.5. The Hall–Kier alpha value is -2.83. The second-order valence-corrected chi connectivity index (χ2v) is 8.90. The van der Waals surface area contributed by atoms with Gasteiger partial charge in [-0.2, -0.15) is 5.10 Å². The highest BCUT2D eigenvalue weighted by Crippen LogP contribution is 2.28. The zero-order valence-electron chi connectivity index (χ0n) is 19.5. The van der Waals surface area contributed by atoms with Crippen LogP contribution in [-0.2, 0) is 10.2 Å². The van der Waals surface area contributed by atoms with E-state index in [-0.39, 0.29) is 29.9 Å². The summed E-state index contributed by atoms with van der Waals surface area (Å²) in [4.78, 5) is 26.7. The number of nitrogens with one attached hydrogen (secondary N) is 2. The Morgan fingerprint density at radius 3 is 2.43 bits per heavy atom. The molecule has 0 aliphatic rings. The summed E-state index contributed by atoms with van der Waals surface area (Å²) >= 11 is 0. The van der Waals surface area contributed by atoms with E-state index in [9.17, 15) is 9.59 Å². The van der Waals surface area contributed by atoms with Gasteiger partial charge in [0.25, 0.3) is 0 Å². The van der Waals surface area contributed by atoms with Crippen molar-refractivity contribution >= 4 is 17.8 Å². The van der Waals surface area contributed by atoms with Crippen molar-refractivity contribution in [3.63, 3.8) is 0 Å². The van der Waals surface area contributed by atoms with Crippen LogP contribution in [0.4, 0.5) is 10.6 Å². The number of carbonyl (C=O) groups excluding carboxylic acids is 2. The Bertz CT molecular complexity index is 909. The van der Waals surface area contributed by atoms with Gasteiger partial charge in [0, 0.05) is 24.1 Å². The van der Waals surface area contributed by atoms with Crippen molar-refractivity contribution in [1.29, 1.82) is 0 Å². The molecule has 2 aromatic rings.